The lowest BCUT2D eigenvalue weighted by atomic mass is 10.2. The van der Waals surface area contributed by atoms with Gasteiger partial charge in [-0.05, 0) is 28.1 Å². The smallest absolute Gasteiger partial charge is 0.330 e. The third kappa shape index (κ3) is 4.94. The summed E-state index contributed by atoms with van der Waals surface area (Å²) in [7, 11) is 0. The van der Waals surface area contributed by atoms with Crippen molar-refractivity contribution in [3.8, 4) is 0 Å². The van der Waals surface area contributed by atoms with Crippen molar-refractivity contribution in [3.05, 3.63) is 53.6 Å². The molecule has 0 unspecified atom stereocenters. The van der Waals surface area contributed by atoms with E-state index < -0.39 is 41.5 Å². The molecule has 1 aliphatic heterocycles. The van der Waals surface area contributed by atoms with Crippen LogP contribution in [-0.4, -0.2) is 40.9 Å². The minimum absolute atomic E-state index is 0.133. The molecule has 0 radical (unpaired) electrons. The number of nitrogens with zero attached hydrogens (tertiary/aromatic N) is 1. The summed E-state index contributed by atoms with van der Waals surface area (Å²) in [5.74, 6) is -1.72. The molecule has 2 aromatic heterocycles. The zero-order valence-electron chi connectivity index (χ0n) is 14.4. The molecule has 28 heavy (non-hydrogen) atoms. The number of nitrogens with one attached hydrogen (secondary N) is 1. The number of aromatic amines is 1. The molecule has 9 nitrogen and oxygen atoms in total. The van der Waals surface area contributed by atoms with Gasteiger partial charge < -0.3 is 19.9 Å². The van der Waals surface area contributed by atoms with Crippen LogP contribution in [0.25, 0.3) is 0 Å². The normalized spacial score (nSPS) is 21.8. The molecular formula is C16H17BrFN3O6S. The van der Waals surface area contributed by atoms with Gasteiger partial charge in [-0.15, -0.1) is 11.3 Å². The summed E-state index contributed by atoms with van der Waals surface area (Å²) < 4.78 is 32.2. The fourth-order valence-corrected chi connectivity index (χ4v) is 4.13. The molecule has 3 N–H and O–H groups in total. The highest BCUT2D eigenvalue weighted by atomic mass is 79.9. The number of ether oxygens (including phenoxy) is 3. The van der Waals surface area contributed by atoms with E-state index in [2.05, 4.69) is 15.9 Å². The molecule has 3 atom stereocenters. The van der Waals surface area contributed by atoms with Crippen molar-refractivity contribution in [2.75, 3.05) is 13.2 Å². The van der Waals surface area contributed by atoms with Crippen molar-refractivity contribution in [3.63, 3.8) is 0 Å². The predicted octanol–water partition coefficient (Wildman–Crippen LogP) is 0.874. The van der Waals surface area contributed by atoms with Gasteiger partial charge in [0.05, 0.1) is 29.2 Å². The number of carbonyl (C=O) groups is 1. The van der Waals surface area contributed by atoms with E-state index in [1.807, 2.05) is 17.1 Å². The van der Waals surface area contributed by atoms with Gasteiger partial charge in [0.25, 0.3) is 5.56 Å². The zero-order valence-corrected chi connectivity index (χ0v) is 16.8. The molecule has 0 aliphatic carbocycles. The first kappa shape index (κ1) is 20.9. The molecule has 1 fully saturated rings. The highest BCUT2D eigenvalue weighted by molar-refractivity contribution is 9.11. The maximum atomic E-state index is 13.6. The summed E-state index contributed by atoms with van der Waals surface area (Å²) in [6, 6.07) is 3.79. The number of halogens is 2. The lowest BCUT2D eigenvalue weighted by molar-refractivity contribution is -0.149. The van der Waals surface area contributed by atoms with Crippen LogP contribution in [0.1, 0.15) is 17.5 Å². The summed E-state index contributed by atoms with van der Waals surface area (Å²) in [5.41, 5.74) is 3.31. The van der Waals surface area contributed by atoms with Crippen LogP contribution in [-0.2, 0) is 25.6 Å². The first-order valence-corrected chi connectivity index (χ1v) is 9.86. The van der Waals surface area contributed by atoms with Gasteiger partial charge in [-0.25, -0.2) is 4.79 Å². The highest BCUT2D eigenvalue weighted by Crippen LogP contribution is 2.32. The molecule has 12 heteroatoms. The first-order chi connectivity index (χ1) is 13.4. The average molecular weight is 478 g/mol. The Morgan fingerprint density at radius 1 is 1.46 bits per heavy atom. The van der Waals surface area contributed by atoms with E-state index in [9.17, 15) is 18.8 Å². The predicted molar refractivity (Wildman–Crippen MR) is 100 cm³/mol. The quantitative estimate of drug-likeness (QED) is 0.566. The number of carbonyl (C=O) groups excluding carboxylic acids is 1. The molecule has 2 aromatic rings. The molecule has 0 aromatic carbocycles. The molecule has 0 amide bonds. The Morgan fingerprint density at radius 3 is 2.93 bits per heavy atom. The number of rotatable bonds is 7. The topological polar surface area (TPSA) is 126 Å². The summed E-state index contributed by atoms with van der Waals surface area (Å²) in [6.45, 7) is -0.130. The fourth-order valence-electron chi connectivity index (χ4n) is 2.72. The number of thiophene rings is 1. The number of aromatic nitrogens is 2. The molecule has 0 spiro atoms. The second kappa shape index (κ2) is 9.09. The minimum atomic E-state index is -1.11. The maximum absolute atomic E-state index is 13.6. The Labute approximate surface area is 170 Å². The van der Waals surface area contributed by atoms with Crippen molar-refractivity contribution < 1.29 is 23.4 Å². The minimum Gasteiger partial charge on any atom is -0.462 e. The van der Waals surface area contributed by atoms with Gasteiger partial charge >= 0.3 is 11.7 Å². The molecule has 0 bridgehead atoms. The summed E-state index contributed by atoms with van der Waals surface area (Å²) in [4.78, 5) is 37.4. The summed E-state index contributed by atoms with van der Waals surface area (Å²) in [6.07, 6.45) is -1.12. The molecule has 3 heterocycles. The molecular weight excluding hydrogens is 461 g/mol. The maximum Gasteiger partial charge on any atom is 0.330 e. The SMILES string of the molecule is NCC(=O)OC[C@H]1O[C@@H](n2cc(F)c(=O)[nH]c2=O)C[C@@H]1OCc1ccc(Br)s1. The van der Waals surface area contributed by atoms with Gasteiger partial charge in [0.1, 0.15) is 18.9 Å². The van der Waals surface area contributed by atoms with Crippen molar-refractivity contribution >= 4 is 33.2 Å². The van der Waals surface area contributed by atoms with Gasteiger partial charge in [-0.1, -0.05) is 0 Å². The number of hydrogen-bond acceptors (Lipinski definition) is 8. The van der Waals surface area contributed by atoms with Crippen LogP contribution in [0.15, 0.2) is 31.7 Å². The van der Waals surface area contributed by atoms with Gasteiger partial charge in [0, 0.05) is 11.3 Å². The second-order valence-corrected chi connectivity index (χ2v) is 8.50. The lowest BCUT2D eigenvalue weighted by Gasteiger charge is -2.18. The third-order valence-electron chi connectivity index (χ3n) is 4.06. The largest absolute Gasteiger partial charge is 0.462 e. The lowest BCUT2D eigenvalue weighted by Crippen LogP contribution is -2.34. The molecule has 152 valence electrons. The Bertz CT molecular complexity index is 960. The standard InChI is InChI=1S/C16H17BrFN3O6S/c17-12-2-1-8(28-12)6-25-10-3-13(27-11(10)7-26-14(22)4-19)21-5-9(18)15(23)20-16(21)24/h1-2,5,10-11,13H,3-4,6-7,19H2,(H,20,23,24)/t10-,11+,13+/m0/s1. The molecule has 0 saturated carbocycles. The van der Waals surface area contributed by atoms with Crippen LogP contribution >= 0.6 is 27.3 Å². The van der Waals surface area contributed by atoms with Gasteiger partial charge in [0.15, 0.2) is 0 Å². The van der Waals surface area contributed by atoms with Gasteiger partial charge in [-0.2, -0.15) is 4.39 Å². The molecule has 3 rings (SSSR count). The Kier molecular flexibility index (Phi) is 6.78. The van der Waals surface area contributed by atoms with E-state index in [0.717, 1.165) is 19.4 Å². The monoisotopic (exact) mass is 477 g/mol. The number of nitrogens with two attached hydrogens (primary N) is 1. The van der Waals surface area contributed by atoms with E-state index in [1.54, 1.807) is 0 Å². The van der Waals surface area contributed by atoms with Crippen LogP contribution in [0.3, 0.4) is 0 Å². The van der Waals surface area contributed by atoms with Crippen LogP contribution in [0.4, 0.5) is 4.39 Å². The van der Waals surface area contributed by atoms with Crippen LogP contribution < -0.4 is 17.0 Å². The van der Waals surface area contributed by atoms with E-state index in [4.69, 9.17) is 19.9 Å². The Morgan fingerprint density at radius 2 is 2.25 bits per heavy atom. The van der Waals surface area contributed by atoms with Gasteiger partial charge in [0.2, 0.25) is 5.82 Å². The summed E-state index contributed by atoms with van der Waals surface area (Å²) >= 11 is 4.88. The van der Waals surface area contributed by atoms with Gasteiger partial charge in [-0.3, -0.25) is 19.1 Å². The van der Waals surface area contributed by atoms with E-state index in [1.165, 1.54) is 11.3 Å². The first-order valence-electron chi connectivity index (χ1n) is 8.25. The van der Waals surface area contributed by atoms with Crippen molar-refractivity contribution in [2.45, 2.75) is 31.5 Å². The van der Waals surface area contributed by atoms with E-state index >= 15 is 0 Å². The van der Waals surface area contributed by atoms with E-state index in [0.29, 0.717) is 0 Å². The van der Waals surface area contributed by atoms with E-state index in [-0.39, 0.29) is 26.2 Å². The molecule has 1 aliphatic rings. The average Bonchev–Trinajstić information content (AvgIpc) is 3.26. The zero-order chi connectivity index (χ0) is 20.3. The number of esters is 1. The van der Waals surface area contributed by atoms with Crippen LogP contribution in [0.5, 0.6) is 0 Å². The number of H-pyrrole nitrogens is 1. The fraction of sp³-hybridized carbons (Fsp3) is 0.438. The highest BCUT2D eigenvalue weighted by Gasteiger charge is 2.38. The van der Waals surface area contributed by atoms with Crippen LogP contribution in [0, 0.1) is 5.82 Å². The Hall–Kier alpha value is -1.86. The second-order valence-electron chi connectivity index (χ2n) is 5.95. The van der Waals surface area contributed by atoms with Crippen molar-refractivity contribution in [2.24, 2.45) is 5.73 Å². The van der Waals surface area contributed by atoms with Crippen LogP contribution in [0.2, 0.25) is 0 Å². The van der Waals surface area contributed by atoms with Crippen molar-refractivity contribution in [1.82, 2.24) is 9.55 Å². The van der Waals surface area contributed by atoms with Crippen molar-refractivity contribution in [1.29, 1.82) is 0 Å². The Balaban J connectivity index is 1.75. The summed E-state index contributed by atoms with van der Waals surface area (Å²) in [5, 5.41) is 0. The third-order valence-corrected chi connectivity index (χ3v) is 5.66. The molecule has 1 saturated heterocycles. The number of hydrogen-bond donors (Lipinski definition) is 2.